The molecule has 1 fully saturated rings. The Kier molecular flexibility index (Phi) is 7.53. The molecule has 0 aliphatic carbocycles. The molecule has 1 heterocycles. The van der Waals surface area contributed by atoms with Gasteiger partial charge in [0, 0.05) is 12.1 Å². The fourth-order valence-electron chi connectivity index (χ4n) is 2.62. The summed E-state index contributed by atoms with van der Waals surface area (Å²) in [6, 6.07) is 3.10. The van der Waals surface area contributed by atoms with Crippen molar-refractivity contribution in [1.82, 2.24) is 0 Å². The van der Waals surface area contributed by atoms with Gasteiger partial charge in [0.05, 0.1) is 33.5 Å². The van der Waals surface area contributed by atoms with Crippen LogP contribution in [0.5, 0.6) is 17.2 Å². The molecule has 0 spiro atoms. The van der Waals surface area contributed by atoms with Crippen molar-refractivity contribution in [2.24, 2.45) is 5.16 Å². The number of thioether (sulfide) groups is 1. The molecule has 11 heteroatoms. The van der Waals surface area contributed by atoms with Crippen LogP contribution in [-0.2, 0) is 4.74 Å². The summed E-state index contributed by atoms with van der Waals surface area (Å²) in [7, 11) is 4.29. The molecular weight excluding hydrogens is 382 g/mol. The van der Waals surface area contributed by atoms with Crippen LogP contribution in [0.3, 0.4) is 0 Å². The van der Waals surface area contributed by atoms with E-state index in [2.05, 4.69) is 5.16 Å². The zero-order chi connectivity index (χ0) is 20.1. The van der Waals surface area contributed by atoms with Crippen LogP contribution in [0.2, 0.25) is 0 Å². The molecule has 10 nitrogen and oxygen atoms in total. The van der Waals surface area contributed by atoms with Crippen LogP contribution in [-0.4, -0.2) is 88.5 Å². The number of hydrogen-bond acceptors (Lipinski definition) is 11. The van der Waals surface area contributed by atoms with Gasteiger partial charge in [0.15, 0.2) is 5.04 Å². The molecule has 2 rings (SSSR count). The predicted molar refractivity (Wildman–Crippen MR) is 95.8 cm³/mol. The molecule has 1 aromatic rings. The standard InChI is InChI=1S/C16H23NO9S/c1-23-7-4-8(24-2)11(9(5-7)25-3)15(17-22)27-16-14(21)13(20)12(19)10(6-18)26-16/h4-5,10,12-14,16,18-22H,6H2,1-3H3/b17-15-/t10-,12-,13+,14-,16+/m1/s1. The van der Waals surface area contributed by atoms with Crippen molar-refractivity contribution in [3.63, 3.8) is 0 Å². The summed E-state index contributed by atoms with van der Waals surface area (Å²) in [6.45, 7) is -0.567. The van der Waals surface area contributed by atoms with Gasteiger partial charge >= 0.3 is 0 Å². The van der Waals surface area contributed by atoms with Gasteiger partial charge in [0.2, 0.25) is 0 Å². The van der Waals surface area contributed by atoms with E-state index in [4.69, 9.17) is 18.9 Å². The zero-order valence-corrected chi connectivity index (χ0v) is 15.8. The molecule has 1 aliphatic rings. The molecule has 0 unspecified atom stereocenters. The number of benzene rings is 1. The van der Waals surface area contributed by atoms with Crippen LogP contribution in [0.4, 0.5) is 0 Å². The molecule has 0 radical (unpaired) electrons. The highest BCUT2D eigenvalue weighted by Gasteiger charge is 2.44. The lowest BCUT2D eigenvalue weighted by molar-refractivity contribution is -0.205. The third-order valence-electron chi connectivity index (χ3n) is 4.10. The van der Waals surface area contributed by atoms with Gasteiger partial charge in [0.25, 0.3) is 0 Å². The number of methoxy groups -OCH3 is 3. The molecule has 1 saturated heterocycles. The lowest BCUT2D eigenvalue weighted by Crippen LogP contribution is -2.57. The summed E-state index contributed by atoms with van der Waals surface area (Å²) in [5.41, 5.74) is -0.867. The Morgan fingerprint density at radius 2 is 1.63 bits per heavy atom. The minimum atomic E-state index is -1.55. The summed E-state index contributed by atoms with van der Waals surface area (Å²) >= 11 is 0.769. The fourth-order valence-corrected chi connectivity index (χ4v) is 3.71. The first kappa shape index (κ1) is 21.5. The van der Waals surface area contributed by atoms with E-state index >= 15 is 0 Å². The maximum Gasteiger partial charge on any atom is 0.153 e. The molecule has 0 bridgehead atoms. The molecule has 5 N–H and O–H groups in total. The van der Waals surface area contributed by atoms with Gasteiger partial charge in [-0.25, -0.2) is 0 Å². The van der Waals surface area contributed by atoms with E-state index in [0.717, 1.165) is 11.8 Å². The van der Waals surface area contributed by atoms with Crippen molar-refractivity contribution in [2.45, 2.75) is 29.9 Å². The van der Waals surface area contributed by atoms with Crippen molar-refractivity contribution in [3.8, 4) is 17.2 Å². The largest absolute Gasteiger partial charge is 0.496 e. The lowest BCUT2D eigenvalue weighted by Gasteiger charge is -2.39. The highest BCUT2D eigenvalue weighted by molar-refractivity contribution is 8.14. The van der Waals surface area contributed by atoms with Crippen molar-refractivity contribution in [2.75, 3.05) is 27.9 Å². The Labute approximate surface area is 159 Å². The van der Waals surface area contributed by atoms with E-state index in [0.29, 0.717) is 5.75 Å². The van der Waals surface area contributed by atoms with Crippen molar-refractivity contribution in [3.05, 3.63) is 17.7 Å². The maximum absolute atomic E-state index is 10.2. The Balaban J connectivity index is 2.38. The average Bonchev–Trinajstić information content (AvgIpc) is 2.70. The topological polar surface area (TPSA) is 150 Å². The molecule has 27 heavy (non-hydrogen) atoms. The molecule has 0 aromatic heterocycles. The number of nitrogens with zero attached hydrogens (tertiary/aromatic N) is 1. The summed E-state index contributed by atoms with van der Waals surface area (Å²) in [5.74, 6) is 0.995. The number of hydrogen-bond donors (Lipinski definition) is 5. The number of ether oxygens (including phenoxy) is 4. The Hall–Kier alpha value is -1.76. The average molecular weight is 405 g/mol. The van der Waals surface area contributed by atoms with E-state index in [1.807, 2.05) is 0 Å². The number of oxime groups is 1. The highest BCUT2D eigenvalue weighted by atomic mass is 32.2. The molecular formula is C16H23NO9S. The van der Waals surface area contributed by atoms with Crippen LogP contribution in [0.1, 0.15) is 5.56 Å². The van der Waals surface area contributed by atoms with Gasteiger partial charge in [-0.1, -0.05) is 16.9 Å². The minimum absolute atomic E-state index is 0.0318. The van der Waals surface area contributed by atoms with E-state index in [9.17, 15) is 25.6 Å². The second-order valence-corrected chi connectivity index (χ2v) is 6.71. The van der Waals surface area contributed by atoms with E-state index in [1.165, 1.54) is 21.3 Å². The Morgan fingerprint density at radius 1 is 1.04 bits per heavy atom. The van der Waals surface area contributed by atoms with E-state index < -0.39 is 36.5 Å². The third-order valence-corrected chi connectivity index (χ3v) is 5.23. The van der Waals surface area contributed by atoms with E-state index in [-0.39, 0.29) is 22.1 Å². The second kappa shape index (κ2) is 9.44. The van der Waals surface area contributed by atoms with Gasteiger partial charge in [-0.3, -0.25) is 0 Å². The zero-order valence-electron chi connectivity index (χ0n) is 15.0. The molecule has 1 aromatic carbocycles. The van der Waals surface area contributed by atoms with Crippen LogP contribution >= 0.6 is 11.8 Å². The van der Waals surface area contributed by atoms with Crippen LogP contribution in [0.15, 0.2) is 17.3 Å². The lowest BCUT2D eigenvalue weighted by atomic mass is 10.0. The predicted octanol–water partition coefficient (Wildman–Crippen LogP) is -0.619. The molecule has 5 atom stereocenters. The molecule has 1 aliphatic heterocycles. The quantitative estimate of drug-likeness (QED) is 0.179. The summed E-state index contributed by atoms with van der Waals surface area (Å²) in [4.78, 5) is 0. The molecule has 0 amide bonds. The SMILES string of the molecule is COc1cc(OC)c(/C(=N/O)S[C@@H]2O[C@H](CO)[C@@H](O)[C@H](O)[C@H]2O)c(OC)c1. The number of aliphatic hydroxyl groups excluding tert-OH is 4. The van der Waals surface area contributed by atoms with Gasteiger partial charge < -0.3 is 44.6 Å². The smallest absolute Gasteiger partial charge is 0.153 e. The van der Waals surface area contributed by atoms with E-state index in [1.54, 1.807) is 12.1 Å². The first-order chi connectivity index (χ1) is 12.9. The Bertz CT molecular complexity index is 644. The van der Waals surface area contributed by atoms with Crippen molar-refractivity contribution in [1.29, 1.82) is 0 Å². The first-order valence-corrected chi connectivity index (χ1v) is 8.79. The number of rotatable bonds is 6. The highest BCUT2D eigenvalue weighted by Crippen LogP contribution is 2.39. The van der Waals surface area contributed by atoms with Gasteiger partial charge in [-0.15, -0.1) is 0 Å². The molecule has 0 saturated carbocycles. The number of aliphatic hydroxyl groups is 4. The second-order valence-electron chi connectivity index (χ2n) is 5.63. The summed E-state index contributed by atoms with van der Waals surface area (Å²) in [6.07, 6.45) is -5.62. The van der Waals surface area contributed by atoms with Crippen molar-refractivity contribution >= 4 is 16.8 Å². The molecule has 152 valence electrons. The summed E-state index contributed by atoms with van der Waals surface area (Å²) < 4.78 is 21.2. The normalized spacial score (nSPS) is 28.7. The van der Waals surface area contributed by atoms with Gasteiger partial charge in [-0.2, -0.15) is 0 Å². The summed E-state index contributed by atoms with van der Waals surface area (Å²) in [5, 5.41) is 52.0. The first-order valence-electron chi connectivity index (χ1n) is 7.91. The Morgan fingerprint density at radius 3 is 2.07 bits per heavy atom. The van der Waals surface area contributed by atoms with Crippen LogP contribution in [0.25, 0.3) is 0 Å². The third kappa shape index (κ3) is 4.39. The maximum atomic E-state index is 10.2. The van der Waals surface area contributed by atoms with Crippen LogP contribution < -0.4 is 14.2 Å². The van der Waals surface area contributed by atoms with Crippen molar-refractivity contribution < 1.29 is 44.6 Å². The van der Waals surface area contributed by atoms with Crippen LogP contribution in [0, 0.1) is 0 Å². The van der Waals surface area contributed by atoms with Gasteiger partial charge in [-0.05, 0) is 0 Å². The monoisotopic (exact) mass is 405 g/mol. The fraction of sp³-hybridized carbons (Fsp3) is 0.562. The minimum Gasteiger partial charge on any atom is -0.496 e. The van der Waals surface area contributed by atoms with Gasteiger partial charge in [0.1, 0.15) is 47.1 Å².